The molecule has 20 heavy (non-hydrogen) atoms. The molecule has 1 aromatic rings. The summed E-state index contributed by atoms with van der Waals surface area (Å²) in [6.07, 6.45) is 0.403. The average molecular weight is 342 g/mol. The Kier molecular flexibility index (Phi) is 3.89. The molecule has 1 aliphatic rings. The number of esters is 1. The molecule has 1 fully saturated rings. The molecular weight excluding hydrogens is 330 g/mol. The van der Waals surface area contributed by atoms with E-state index in [9.17, 15) is 19.7 Å². The van der Waals surface area contributed by atoms with Crippen LogP contribution in [0.5, 0.6) is 0 Å². The van der Waals surface area contributed by atoms with E-state index in [1.165, 1.54) is 19.1 Å². The highest BCUT2D eigenvalue weighted by molar-refractivity contribution is 9.10. The zero-order valence-corrected chi connectivity index (χ0v) is 12.3. The number of benzene rings is 1. The SMILES string of the molecule is CC(=O)C1(Cc2cccc([N+](=O)[O-])c2Br)CCOC1=O. The highest BCUT2D eigenvalue weighted by atomic mass is 79.9. The zero-order valence-electron chi connectivity index (χ0n) is 10.7. The molecule has 0 aliphatic carbocycles. The first-order valence-electron chi connectivity index (χ1n) is 5.98. The van der Waals surface area contributed by atoms with E-state index < -0.39 is 16.3 Å². The van der Waals surface area contributed by atoms with Crippen LogP contribution >= 0.6 is 15.9 Å². The Bertz CT molecular complexity index is 600. The number of hydrogen-bond acceptors (Lipinski definition) is 5. The van der Waals surface area contributed by atoms with Gasteiger partial charge in [0.25, 0.3) is 5.69 Å². The molecular formula is C13H12BrNO5. The number of hydrogen-bond donors (Lipinski definition) is 0. The Labute approximate surface area is 123 Å². The van der Waals surface area contributed by atoms with Crippen LogP contribution in [0.2, 0.25) is 0 Å². The Balaban J connectivity index is 2.43. The predicted octanol–water partition coefficient (Wildman–Crippen LogP) is 2.42. The summed E-state index contributed by atoms with van der Waals surface area (Å²) < 4.78 is 5.21. The van der Waals surface area contributed by atoms with Crippen molar-refractivity contribution in [3.05, 3.63) is 38.3 Å². The molecule has 1 heterocycles. The number of carbonyl (C=O) groups excluding carboxylic acids is 2. The Morgan fingerprint density at radius 1 is 1.55 bits per heavy atom. The van der Waals surface area contributed by atoms with Gasteiger partial charge >= 0.3 is 5.97 Å². The number of nitro benzene ring substituents is 1. The molecule has 1 atom stereocenters. The molecule has 1 aliphatic heterocycles. The number of ether oxygens (including phenoxy) is 1. The highest BCUT2D eigenvalue weighted by Crippen LogP contribution is 2.38. The van der Waals surface area contributed by atoms with Crippen molar-refractivity contribution in [3.8, 4) is 0 Å². The van der Waals surface area contributed by atoms with Crippen molar-refractivity contribution in [2.24, 2.45) is 5.41 Å². The molecule has 1 saturated heterocycles. The fraction of sp³-hybridized carbons (Fsp3) is 0.385. The summed E-state index contributed by atoms with van der Waals surface area (Å²) in [6.45, 7) is 1.54. The second kappa shape index (κ2) is 5.32. The van der Waals surface area contributed by atoms with Crippen LogP contribution in [-0.2, 0) is 20.7 Å². The van der Waals surface area contributed by atoms with Gasteiger partial charge in [0.2, 0.25) is 0 Å². The van der Waals surface area contributed by atoms with Crippen molar-refractivity contribution >= 4 is 33.4 Å². The first-order valence-corrected chi connectivity index (χ1v) is 6.78. The minimum absolute atomic E-state index is 0.0902. The third kappa shape index (κ3) is 2.33. The molecule has 0 spiro atoms. The summed E-state index contributed by atoms with van der Waals surface area (Å²) >= 11 is 3.18. The lowest BCUT2D eigenvalue weighted by Crippen LogP contribution is -2.36. The van der Waals surface area contributed by atoms with Crippen LogP contribution in [-0.4, -0.2) is 23.3 Å². The summed E-state index contributed by atoms with van der Waals surface area (Å²) in [5, 5.41) is 10.9. The number of Topliss-reactive ketones (excluding diaryl/α,β-unsaturated/α-hetero) is 1. The molecule has 7 heteroatoms. The van der Waals surface area contributed by atoms with Crippen LogP contribution in [0.25, 0.3) is 0 Å². The van der Waals surface area contributed by atoms with Crippen molar-refractivity contribution in [3.63, 3.8) is 0 Å². The predicted molar refractivity (Wildman–Crippen MR) is 73.2 cm³/mol. The molecule has 0 radical (unpaired) electrons. The maximum atomic E-state index is 11.9. The van der Waals surface area contributed by atoms with Gasteiger partial charge in [-0.15, -0.1) is 0 Å². The van der Waals surface area contributed by atoms with Crippen LogP contribution in [0.3, 0.4) is 0 Å². The van der Waals surface area contributed by atoms with Gasteiger partial charge in [-0.25, -0.2) is 0 Å². The van der Waals surface area contributed by atoms with Gasteiger partial charge in [0, 0.05) is 12.5 Å². The van der Waals surface area contributed by atoms with Gasteiger partial charge < -0.3 is 4.74 Å². The van der Waals surface area contributed by atoms with Gasteiger partial charge in [0.1, 0.15) is 11.2 Å². The van der Waals surface area contributed by atoms with Crippen molar-refractivity contribution in [2.45, 2.75) is 19.8 Å². The number of rotatable bonds is 4. The van der Waals surface area contributed by atoms with Crippen molar-refractivity contribution in [1.82, 2.24) is 0 Å². The van der Waals surface area contributed by atoms with E-state index in [0.717, 1.165) is 0 Å². The van der Waals surface area contributed by atoms with Gasteiger partial charge in [0.15, 0.2) is 0 Å². The van der Waals surface area contributed by atoms with E-state index in [-0.39, 0.29) is 24.5 Å². The Morgan fingerprint density at radius 2 is 2.25 bits per heavy atom. The standard InChI is InChI=1S/C13H12BrNO5/c1-8(16)13(5-6-20-12(13)17)7-9-3-2-4-10(11(9)14)15(18)19/h2-4H,5-7H2,1H3. The second-order valence-electron chi connectivity index (χ2n) is 4.71. The van der Waals surface area contributed by atoms with Gasteiger partial charge in [-0.1, -0.05) is 12.1 Å². The monoisotopic (exact) mass is 341 g/mol. The summed E-state index contributed by atoms with van der Waals surface area (Å²) in [7, 11) is 0. The Hall–Kier alpha value is -1.76. The van der Waals surface area contributed by atoms with E-state index in [1.807, 2.05) is 0 Å². The van der Waals surface area contributed by atoms with Crippen molar-refractivity contribution < 1.29 is 19.2 Å². The number of carbonyl (C=O) groups is 2. The molecule has 1 aromatic carbocycles. The number of nitro groups is 1. The third-order valence-corrected chi connectivity index (χ3v) is 4.49. The normalized spacial score (nSPS) is 21.6. The van der Waals surface area contributed by atoms with E-state index in [2.05, 4.69) is 15.9 Å². The summed E-state index contributed by atoms with van der Waals surface area (Å²) in [5.41, 5.74) is -0.765. The quantitative estimate of drug-likeness (QED) is 0.363. The van der Waals surface area contributed by atoms with Crippen LogP contribution in [0, 0.1) is 15.5 Å². The van der Waals surface area contributed by atoms with Gasteiger partial charge in [-0.3, -0.25) is 19.7 Å². The minimum Gasteiger partial charge on any atom is -0.465 e. The van der Waals surface area contributed by atoms with E-state index in [0.29, 0.717) is 16.5 Å². The number of cyclic esters (lactones) is 1. The molecule has 1 unspecified atom stereocenters. The molecule has 0 aromatic heterocycles. The number of ketones is 1. The molecule has 106 valence electrons. The first kappa shape index (κ1) is 14.6. The lowest BCUT2D eigenvalue weighted by Gasteiger charge is -2.21. The lowest BCUT2D eigenvalue weighted by molar-refractivity contribution is -0.385. The van der Waals surface area contributed by atoms with Crippen molar-refractivity contribution in [2.75, 3.05) is 6.61 Å². The van der Waals surface area contributed by atoms with Gasteiger partial charge in [-0.2, -0.15) is 0 Å². The first-order chi connectivity index (χ1) is 9.38. The van der Waals surface area contributed by atoms with Crippen LogP contribution in [0.15, 0.2) is 22.7 Å². The minimum atomic E-state index is -1.22. The number of nitrogens with zero attached hydrogens (tertiary/aromatic N) is 1. The zero-order chi connectivity index (χ0) is 14.9. The smallest absolute Gasteiger partial charge is 0.320 e. The molecule has 0 N–H and O–H groups in total. The molecule has 0 amide bonds. The highest BCUT2D eigenvalue weighted by Gasteiger charge is 2.49. The Morgan fingerprint density at radius 3 is 2.75 bits per heavy atom. The molecule has 2 rings (SSSR count). The second-order valence-corrected chi connectivity index (χ2v) is 5.50. The average Bonchev–Trinajstić information content (AvgIpc) is 2.74. The van der Waals surface area contributed by atoms with E-state index in [1.54, 1.807) is 6.07 Å². The summed E-state index contributed by atoms with van der Waals surface area (Å²) in [4.78, 5) is 34.1. The maximum absolute atomic E-state index is 11.9. The summed E-state index contributed by atoms with van der Waals surface area (Å²) in [5.74, 6) is -0.832. The third-order valence-electron chi connectivity index (χ3n) is 3.57. The summed E-state index contributed by atoms with van der Waals surface area (Å²) in [6, 6.07) is 4.56. The fourth-order valence-corrected chi connectivity index (χ4v) is 2.88. The van der Waals surface area contributed by atoms with Crippen LogP contribution in [0.1, 0.15) is 18.9 Å². The largest absolute Gasteiger partial charge is 0.465 e. The van der Waals surface area contributed by atoms with E-state index in [4.69, 9.17) is 4.74 Å². The topological polar surface area (TPSA) is 86.5 Å². The van der Waals surface area contributed by atoms with Crippen LogP contribution in [0.4, 0.5) is 5.69 Å². The van der Waals surface area contributed by atoms with Gasteiger partial charge in [0.05, 0.1) is 16.0 Å². The molecule has 6 nitrogen and oxygen atoms in total. The molecule has 0 saturated carbocycles. The lowest BCUT2D eigenvalue weighted by atomic mass is 9.77. The van der Waals surface area contributed by atoms with Gasteiger partial charge in [-0.05, 0) is 34.8 Å². The number of halogens is 1. The van der Waals surface area contributed by atoms with Crippen molar-refractivity contribution in [1.29, 1.82) is 0 Å². The molecule has 0 bridgehead atoms. The fourth-order valence-electron chi connectivity index (χ4n) is 2.33. The maximum Gasteiger partial charge on any atom is 0.320 e. The van der Waals surface area contributed by atoms with Crippen LogP contribution < -0.4 is 0 Å². The van der Waals surface area contributed by atoms with E-state index >= 15 is 0 Å².